The minimum Gasteiger partial charge on any atom is -0.379 e. The van der Waals surface area contributed by atoms with Gasteiger partial charge >= 0.3 is 0 Å². The number of hydrogen-bond acceptors (Lipinski definition) is 4. The first kappa shape index (κ1) is 17.2. The first-order chi connectivity index (χ1) is 9.53. The Labute approximate surface area is 129 Å². The molecule has 0 saturated heterocycles. The third kappa shape index (κ3) is 4.59. The van der Waals surface area contributed by atoms with Crippen molar-refractivity contribution in [2.45, 2.75) is 46.7 Å². The minimum atomic E-state index is -0.0770. The summed E-state index contributed by atoms with van der Waals surface area (Å²) in [5, 5.41) is 7.55. The number of halogens is 1. The normalized spacial score (nSPS) is 12.7. The van der Waals surface area contributed by atoms with Crippen molar-refractivity contribution in [2.24, 2.45) is 0 Å². The number of nitrogens with one attached hydrogen (secondary N) is 1. The molecule has 0 amide bonds. The molecule has 0 spiro atoms. The van der Waals surface area contributed by atoms with Gasteiger partial charge in [-0.05, 0) is 42.4 Å². The van der Waals surface area contributed by atoms with E-state index in [4.69, 9.17) is 0 Å². The standard InChI is InChI=1S/C14H25BrN4O/c1-5-8-19-14(20)13(15)12(9-16-19)17-11(4)10-18(6-2)7-3/h9,11,17H,5-8,10H2,1-4H3. The van der Waals surface area contributed by atoms with Gasteiger partial charge < -0.3 is 10.2 Å². The maximum atomic E-state index is 12.1. The maximum Gasteiger partial charge on any atom is 0.283 e. The summed E-state index contributed by atoms with van der Waals surface area (Å²) in [6.45, 7) is 12.1. The topological polar surface area (TPSA) is 50.2 Å². The van der Waals surface area contributed by atoms with Crippen molar-refractivity contribution in [3.63, 3.8) is 0 Å². The Morgan fingerprint density at radius 2 is 2.05 bits per heavy atom. The highest BCUT2D eigenvalue weighted by Gasteiger charge is 2.12. The van der Waals surface area contributed by atoms with Gasteiger partial charge in [0.15, 0.2) is 0 Å². The van der Waals surface area contributed by atoms with Crippen LogP contribution in [0.2, 0.25) is 0 Å². The van der Waals surface area contributed by atoms with Gasteiger partial charge in [0.25, 0.3) is 5.56 Å². The highest BCUT2D eigenvalue weighted by Crippen LogP contribution is 2.17. The highest BCUT2D eigenvalue weighted by atomic mass is 79.9. The highest BCUT2D eigenvalue weighted by molar-refractivity contribution is 9.10. The number of hydrogen-bond donors (Lipinski definition) is 1. The molecule has 1 rings (SSSR count). The lowest BCUT2D eigenvalue weighted by molar-refractivity contribution is 0.294. The predicted octanol–water partition coefficient (Wildman–Crippen LogP) is 2.56. The van der Waals surface area contributed by atoms with E-state index in [-0.39, 0.29) is 11.6 Å². The molecule has 1 heterocycles. The molecule has 1 unspecified atom stereocenters. The summed E-state index contributed by atoms with van der Waals surface area (Å²) in [5.74, 6) is 0. The molecule has 0 aliphatic carbocycles. The van der Waals surface area contributed by atoms with E-state index >= 15 is 0 Å². The molecule has 0 fully saturated rings. The lowest BCUT2D eigenvalue weighted by Gasteiger charge is -2.24. The van der Waals surface area contributed by atoms with Crippen LogP contribution in [0.3, 0.4) is 0 Å². The predicted molar refractivity (Wildman–Crippen MR) is 87.4 cm³/mol. The summed E-state index contributed by atoms with van der Waals surface area (Å²) in [7, 11) is 0. The van der Waals surface area contributed by atoms with Crippen LogP contribution in [-0.4, -0.2) is 40.4 Å². The van der Waals surface area contributed by atoms with Crippen molar-refractivity contribution in [3.8, 4) is 0 Å². The number of likely N-dealkylation sites (N-methyl/N-ethyl adjacent to an activating group) is 1. The van der Waals surface area contributed by atoms with E-state index in [9.17, 15) is 4.79 Å². The average molecular weight is 345 g/mol. The lowest BCUT2D eigenvalue weighted by atomic mass is 10.3. The molecule has 0 bridgehead atoms. The maximum absolute atomic E-state index is 12.1. The Morgan fingerprint density at radius 3 is 2.60 bits per heavy atom. The van der Waals surface area contributed by atoms with E-state index in [1.165, 1.54) is 4.68 Å². The molecule has 0 aliphatic heterocycles. The largest absolute Gasteiger partial charge is 0.379 e. The SMILES string of the molecule is CCCn1ncc(NC(C)CN(CC)CC)c(Br)c1=O. The quantitative estimate of drug-likeness (QED) is 0.787. The molecule has 6 heteroatoms. The summed E-state index contributed by atoms with van der Waals surface area (Å²) in [6, 6.07) is 0.259. The zero-order valence-electron chi connectivity index (χ0n) is 12.8. The van der Waals surface area contributed by atoms with Gasteiger partial charge in [0.2, 0.25) is 0 Å². The van der Waals surface area contributed by atoms with Gasteiger partial charge in [0.1, 0.15) is 4.47 Å². The molecule has 1 aromatic heterocycles. The molecular weight excluding hydrogens is 320 g/mol. The van der Waals surface area contributed by atoms with E-state index in [1.807, 2.05) is 6.92 Å². The number of aryl methyl sites for hydroxylation is 1. The van der Waals surface area contributed by atoms with Crippen LogP contribution < -0.4 is 10.9 Å². The zero-order valence-corrected chi connectivity index (χ0v) is 14.4. The van der Waals surface area contributed by atoms with Crippen molar-refractivity contribution < 1.29 is 0 Å². The van der Waals surface area contributed by atoms with Crippen LogP contribution in [-0.2, 0) is 6.54 Å². The van der Waals surface area contributed by atoms with Gasteiger partial charge in [-0.2, -0.15) is 5.10 Å². The van der Waals surface area contributed by atoms with Crippen molar-refractivity contribution in [2.75, 3.05) is 25.0 Å². The van der Waals surface area contributed by atoms with Crippen LogP contribution in [0.4, 0.5) is 5.69 Å². The molecule has 0 aromatic carbocycles. The van der Waals surface area contributed by atoms with E-state index in [0.29, 0.717) is 11.0 Å². The Morgan fingerprint density at radius 1 is 1.40 bits per heavy atom. The first-order valence-corrected chi connectivity index (χ1v) is 8.07. The van der Waals surface area contributed by atoms with Crippen LogP contribution in [0.15, 0.2) is 15.5 Å². The number of anilines is 1. The molecule has 114 valence electrons. The second-order valence-corrected chi connectivity index (χ2v) is 5.72. The third-order valence-corrected chi connectivity index (χ3v) is 4.02. The van der Waals surface area contributed by atoms with E-state index in [1.54, 1.807) is 6.20 Å². The molecular formula is C14H25BrN4O. The Hall–Kier alpha value is -0.880. The third-order valence-electron chi connectivity index (χ3n) is 3.25. The Kier molecular flexibility index (Phi) is 7.23. The van der Waals surface area contributed by atoms with Crippen molar-refractivity contribution in [3.05, 3.63) is 21.0 Å². The zero-order chi connectivity index (χ0) is 15.1. The van der Waals surface area contributed by atoms with Crippen molar-refractivity contribution >= 4 is 21.6 Å². The molecule has 5 nitrogen and oxygen atoms in total. The number of aromatic nitrogens is 2. The Bertz CT molecular complexity index is 471. The first-order valence-electron chi connectivity index (χ1n) is 7.27. The van der Waals surface area contributed by atoms with Gasteiger partial charge in [0, 0.05) is 19.1 Å². The van der Waals surface area contributed by atoms with Crippen molar-refractivity contribution in [1.29, 1.82) is 0 Å². The fraction of sp³-hybridized carbons (Fsp3) is 0.714. The van der Waals surface area contributed by atoms with Crippen LogP contribution in [0.25, 0.3) is 0 Å². The fourth-order valence-corrected chi connectivity index (χ4v) is 2.54. The Balaban J connectivity index is 2.78. The summed E-state index contributed by atoms with van der Waals surface area (Å²) >= 11 is 3.38. The van der Waals surface area contributed by atoms with Gasteiger partial charge in [-0.25, -0.2) is 4.68 Å². The minimum absolute atomic E-state index is 0.0770. The fourth-order valence-electron chi connectivity index (χ4n) is 2.12. The average Bonchev–Trinajstić information content (AvgIpc) is 2.44. The summed E-state index contributed by atoms with van der Waals surface area (Å²) < 4.78 is 2.05. The van der Waals surface area contributed by atoms with E-state index in [2.05, 4.69) is 52.0 Å². The van der Waals surface area contributed by atoms with E-state index in [0.717, 1.165) is 31.7 Å². The smallest absolute Gasteiger partial charge is 0.283 e. The van der Waals surface area contributed by atoms with Gasteiger partial charge in [0.05, 0.1) is 11.9 Å². The van der Waals surface area contributed by atoms with E-state index < -0.39 is 0 Å². The molecule has 0 radical (unpaired) electrons. The summed E-state index contributed by atoms with van der Waals surface area (Å²) in [5.41, 5.74) is 0.689. The lowest BCUT2D eigenvalue weighted by Crippen LogP contribution is -2.35. The summed E-state index contributed by atoms with van der Waals surface area (Å²) in [4.78, 5) is 14.4. The molecule has 1 aromatic rings. The second-order valence-electron chi connectivity index (χ2n) is 4.93. The molecule has 0 aliphatic rings. The van der Waals surface area contributed by atoms with Crippen LogP contribution in [0.5, 0.6) is 0 Å². The van der Waals surface area contributed by atoms with Crippen LogP contribution in [0, 0.1) is 0 Å². The molecule has 1 atom stereocenters. The number of nitrogens with zero attached hydrogens (tertiary/aromatic N) is 3. The van der Waals surface area contributed by atoms with Gasteiger partial charge in [-0.1, -0.05) is 20.8 Å². The van der Waals surface area contributed by atoms with Gasteiger partial charge in [-0.15, -0.1) is 0 Å². The monoisotopic (exact) mass is 344 g/mol. The van der Waals surface area contributed by atoms with Crippen molar-refractivity contribution in [1.82, 2.24) is 14.7 Å². The summed E-state index contributed by atoms with van der Waals surface area (Å²) in [6.07, 6.45) is 2.62. The molecule has 20 heavy (non-hydrogen) atoms. The van der Waals surface area contributed by atoms with Crippen LogP contribution in [0.1, 0.15) is 34.1 Å². The van der Waals surface area contributed by atoms with Crippen LogP contribution >= 0.6 is 15.9 Å². The molecule has 0 saturated carbocycles. The second kappa shape index (κ2) is 8.42. The number of rotatable bonds is 8. The molecule has 1 N–H and O–H groups in total. The van der Waals surface area contributed by atoms with Gasteiger partial charge in [-0.3, -0.25) is 4.79 Å².